The van der Waals surface area contributed by atoms with Gasteiger partial charge in [0, 0.05) is 19.3 Å². The minimum absolute atomic E-state index is 0.129. The Morgan fingerprint density at radius 1 is 0.323 bits per heavy atom. The minimum atomic E-state index is -0.830. The zero-order valence-electron chi connectivity index (χ0n) is 41.2. The molecule has 6 nitrogen and oxygen atoms in total. The molecular formula is C59H90O6. The molecular weight excluding hydrogens is 805 g/mol. The van der Waals surface area contributed by atoms with E-state index in [1.807, 2.05) is 128 Å². The quantitative estimate of drug-likeness (QED) is 0.0263. The van der Waals surface area contributed by atoms with Crippen LogP contribution in [0, 0.1) is 0 Å². The Kier molecular flexibility index (Phi) is 48.2. The first-order valence-corrected chi connectivity index (χ1v) is 25.5. The summed E-state index contributed by atoms with van der Waals surface area (Å²) in [6.45, 7) is 6.22. The number of rotatable bonds is 43. The highest BCUT2D eigenvalue weighted by Gasteiger charge is 2.19. The van der Waals surface area contributed by atoms with E-state index >= 15 is 0 Å². The highest BCUT2D eigenvalue weighted by Crippen LogP contribution is 2.15. The third kappa shape index (κ3) is 50.2. The summed E-state index contributed by atoms with van der Waals surface area (Å²) in [6.07, 6.45) is 74.0. The summed E-state index contributed by atoms with van der Waals surface area (Å²) in [6, 6.07) is 0. The van der Waals surface area contributed by atoms with Crippen molar-refractivity contribution in [3.8, 4) is 0 Å². The SMILES string of the molecule is CC\C=C/C=C\C=C/C=C\C=C/CCCC(=O)OCC(COC(=O)CCCCC\C=C/C=C\C=C\C=C/C=C\C=C/C=C\CC)OC(=O)CCCCCCCCCCCCCCCCC. The summed E-state index contributed by atoms with van der Waals surface area (Å²) in [5.41, 5.74) is 0. The maximum Gasteiger partial charge on any atom is 0.306 e. The third-order valence-corrected chi connectivity index (χ3v) is 10.2. The Morgan fingerprint density at radius 2 is 0.615 bits per heavy atom. The summed E-state index contributed by atoms with van der Waals surface area (Å²) in [5, 5.41) is 0. The second-order valence-corrected chi connectivity index (χ2v) is 16.3. The maximum atomic E-state index is 12.8. The van der Waals surface area contributed by atoms with Gasteiger partial charge in [-0.25, -0.2) is 0 Å². The van der Waals surface area contributed by atoms with E-state index in [2.05, 4.69) is 39.0 Å². The molecule has 1 unspecified atom stereocenters. The van der Waals surface area contributed by atoms with Crippen LogP contribution in [-0.4, -0.2) is 37.2 Å². The van der Waals surface area contributed by atoms with E-state index in [0.717, 1.165) is 57.8 Å². The Bertz CT molecular complexity index is 1490. The van der Waals surface area contributed by atoms with Crippen LogP contribution in [0.1, 0.15) is 188 Å². The molecule has 0 aromatic carbocycles. The van der Waals surface area contributed by atoms with Crippen molar-refractivity contribution in [3.63, 3.8) is 0 Å². The van der Waals surface area contributed by atoms with Crippen LogP contribution < -0.4 is 0 Å². The zero-order chi connectivity index (χ0) is 47.2. The van der Waals surface area contributed by atoms with Crippen molar-refractivity contribution in [1.29, 1.82) is 0 Å². The van der Waals surface area contributed by atoms with Gasteiger partial charge in [0.15, 0.2) is 6.10 Å². The monoisotopic (exact) mass is 895 g/mol. The van der Waals surface area contributed by atoms with Crippen molar-refractivity contribution in [2.45, 2.75) is 194 Å². The lowest BCUT2D eigenvalue weighted by Gasteiger charge is -2.18. The van der Waals surface area contributed by atoms with E-state index in [4.69, 9.17) is 14.2 Å². The molecule has 0 heterocycles. The van der Waals surface area contributed by atoms with Crippen molar-refractivity contribution in [2.75, 3.05) is 13.2 Å². The van der Waals surface area contributed by atoms with Gasteiger partial charge >= 0.3 is 17.9 Å². The minimum Gasteiger partial charge on any atom is -0.462 e. The average Bonchev–Trinajstić information content (AvgIpc) is 3.30. The molecule has 0 aliphatic heterocycles. The summed E-state index contributed by atoms with van der Waals surface area (Å²) >= 11 is 0. The average molecular weight is 895 g/mol. The highest BCUT2D eigenvalue weighted by molar-refractivity contribution is 5.71. The van der Waals surface area contributed by atoms with Gasteiger partial charge in [0.2, 0.25) is 0 Å². The molecule has 1 atom stereocenters. The number of hydrogen-bond acceptors (Lipinski definition) is 6. The van der Waals surface area contributed by atoms with Gasteiger partial charge in [-0.15, -0.1) is 0 Å². The fraction of sp³-hybridized carbons (Fsp3) is 0.542. The van der Waals surface area contributed by atoms with Crippen molar-refractivity contribution < 1.29 is 28.6 Å². The van der Waals surface area contributed by atoms with E-state index in [0.29, 0.717) is 19.3 Å². The molecule has 0 rings (SSSR count). The third-order valence-electron chi connectivity index (χ3n) is 10.2. The van der Waals surface area contributed by atoms with Crippen molar-refractivity contribution in [1.82, 2.24) is 0 Å². The molecule has 6 heteroatoms. The fourth-order valence-corrected chi connectivity index (χ4v) is 6.40. The number of hydrogen-bond donors (Lipinski definition) is 0. The Balaban J connectivity index is 4.60. The lowest BCUT2D eigenvalue weighted by Crippen LogP contribution is -2.30. The Hall–Kier alpha value is -4.71. The van der Waals surface area contributed by atoms with Crippen molar-refractivity contribution in [3.05, 3.63) is 146 Å². The number of unbranched alkanes of at least 4 members (excludes halogenated alkanes) is 18. The molecule has 0 amide bonds. The van der Waals surface area contributed by atoms with E-state index in [9.17, 15) is 14.4 Å². The van der Waals surface area contributed by atoms with Crippen molar-refractivity contribution in [2.24, 2.45) is 0 Å². The predicted octanol–water partition coefficient (Wildman–Crippen LogP) is 16.9. The lowest BCUT2D eigenvalue weighted by molar-refractivity contribution is -0.167. The van der Waals surface area contributed by atoms with Crippen LogP contribution >= 0.6 is 0 Å². The van der Waals surface area contributed by atoms with Crippen molar-refractivity contribution >= 4 is 17.9 Å². The topological polar surface area (TPSA) is 78.9 Å². The first-order chi connectivity index (χ1) is 32.0. The molecule has 0 bridgehead atoms. The first-order valence-electron chi connectivity index (χ1n) is 25.5. The molecule has 0 aromatic heterocycles. The van der Waals surface area contributed by atoms with Crippen LogP contribution in [0.2, 0.25) is 0 Å². The second-order valence-electron chi connectivity index (χ2n) is 16.3. The molecule has 0 aromatic rings. The normalized spacial score (nSPS) is 13.3. The zero-order valence-corrected chi connectivity index (χ0v) is 41.2. The standard InChI is InChI=1S/C59H90O6/c1-4-7-10-13-16-19-22-25-27-28-29-30-32-34-37-40-43-46-49-52-58(61)64-55-56(54-63-57(60)51-48-45-42-39-36-33-24-21-18-15-12-9-6-3)65-59(62)53-50-47-44-41-38-35-31-26-23-20-17-14-11-8-5-2/h7,9-10,12-13,15-16,18-19,21-22,24-25,27-30,32-34,36-37,39,42,56H,4-6,8,11,14,17,20,23,26,31,35,38,40-41,43-55H2,1-3H3/b10-7-,12-9-,16-13-,18-15-,22-19-,24-21-,27-25-,29-28+,32-30-,36-33-,37-34-,42-39-. The van der Waals surface area contributed by atoms with Gasteiger partial charge in [0.1, 0.15) is 13.2 Å². The summed E-state index contributed by atoms with van der Waals surface area (Å²) in [5.74, 6) is -1.05. The highest BCUT2D eigenvalue weighted by atomic mass is 16.6. The Morgan fingerprint density at radius 3 is 1.00 bits per heavy atom. The molecule has 0 saturated carbocycles. The Labute approximate surface area is 397 Å². The molecule has 0 saturated heterocycles. The van der Waals surface area contributed by atoms with Gasteiger partial charge < -0.3 is 14.2 Å². The van der Waals surface area contributed by atoms with Gasteiger partial charge in [0.05, 0.1) is 0 Å². The molecule has 0 aliphatic carbocycles. The molecule has 362 valence electrons. The second kappa shape index (κ2) is 51.9. The summed E-state index contributed by atoms with van der Waals surface area (Å²) in [4.78, 5) is 37.9. The van der Waals surface area contributed by atoms with Crippen LogP contribution in [0.5, 0.6) is 0 Å². The molecule has 0 N–H and O–H groups in total. The lowest BCUT2D eigenvalue weighted by atomic mass is 10.0. The van der Waals surface area contributed by atoms with Gasteiger partial charge in [-0.1, -0.05) is 263 Å². The van der Waals surface area contributed by atoms with Crippen LogP contribution in [-0.2, 0) is 28.6 Å². The summed E-state index contributed by atoms with van der Waals surface area (Å²) < 4.78 is 16.7. The largest absolute Gasteiger partial charge is 0.462 e. The van der Waals surface area contributed by atoms with E-state index in [1.54, 1.807) is 0 Å². The smallest absolute Gasteiger partial charge is 0.306 e. The van der Waals surface area contributed by atoms with Crippen LogP contribution in [0.3, 0.4) is 0 Å². The van der Waals surface area contributed by atoms with Gasteiger partial charge in [-0.05, 0) is 51.4 Å². The maximum absolute atomic E-state index is 12.8. The van der Waals surface area contributed by atoms with E-state index in [1.165, 1.54) is 77.0 Å². The number of esters is 3. The number of allylic oxidation sites excluding steroid dienone is 24. The molecule has 0 aliphatic rings. The van der Waals surface area contributed by atoms with Crippen LogP contribution in [0.4, 0.5) is 0 Å². The van der Waals surface area contributed by atoms with E-state index in [-0.39, 0.29) is 44.0 Å². The van der Waals surface area contributed by atoms with Crippen LogP contribution in [0.15, 0.2) is 146 Å². The molecule has 0 spiro atoms. The van der Waals surface area contributed by atoms with E-state index < -0.39 is 6.10 Å². The van der Waals surface area contributed by atoms with Gasteiger partial charge in [0.25, 0.3) is 0 Å². The number of carbonyl (C=O) groups is 3. The first kappa shape index (κ1) is 60.3. The number of carbonyl (C=O) groups excluding carboxylic acids is 3. The molecule has 0 radical (unpaired) electrons. The number of ether oxygens (including phenoxy) is 3. The van der Waals surface area contributed by atoms with Gasteiger partial charge in [-0.3, -0.25) is 14.4 Å². The summed E-state index contributed by atoms with van der Waals surface area (Å²) in [7, 11) is 0. The molecule has 65 heavy (non-hydrogen) atoms. The fourth-order valence-electron chi connectivity index (χ4n) is 6.40. The van der Waals surface area contributed by atoms with Crippen LogP contribution in [0.25, 0.3) is 0 Å². The predicted molar refractivity (Wildman–Crippen MR) is 279 cm³/mol. The van der Waals surface area contributed by atoms with Gasteiger partial charge in [-0.2, -0.15) is 0 Å². The molecule has 0 fully saturated rings.